The molecule has 0 bridgehead atoms. The zero-order valence-corrected chi connectivity index (χ0v) is 8.81. The summed E-state index contributed by atoms with van der Waals surface area (Å²) >= 11 is 12.4. The van der Waals surface area contributed by atoms with Gasteiger partial charge in [-0.2, -0.15) is 0 Å². The van der Waals surface area contributed by atoms with Crippen LogP contribution in [0.5, 0.6) is 0 Å². The van der Waals surface area contributed by atoms with E-state index >= 15 is 0 Å². The Morgan fingerprint density at radius 2 is 2.38 bits per heavy atom. The zero-order valence-electron chi connectivity index (χ0n) is 3.49. The standard InChI is InChI=1S/C3BrClINS/c4-1-2(6)8-3(5)7-1. The summed E-state index contributed by atoms with van der Waals surface area (Å²) in [6, 6.07) is 0. The maximum Gasteiger partial charge on any atom is 0.185 e. The Kier molecular flexibility index (Phi) is 2.54. The van der Waals surface area contributed by atoms with Crippen LogP contribution in [0.25, 0.3) is 0 Å². The van der Waals surface area contributed by atoms with Gasteiger partial charge in [0.25, 0.3) is 0 Å². The van der Waals surface area contributed by atoms with Gasteiger partial charge in [-0.15, -0.1) is 0 Å². The second-order valence-electron chi connectivity index (χ2n) is 1.03. The number of aromatic nitrogens is 1. The van der Waals surface area contributed by atoms with Crippen molar-refractivity contribution < 1.29 is 0 Å². The molecule has 0 spiro atoms. The van der Waals surface area contributed by atoms with Gasteiger partial charge in [-0.25, -0.2) is 4.98 Å². The summed E-state index contributed by atoms with van der Waals surface area (Å²) in [5.41, 5.74) is 0. The van der Waals surface area contributed by atoms with Crippen LogP contribution in [0.4, 0.5) is 0 Å². The lowest BCUT2D eigenvalue weighted by Crippen LogP contribution is -1.60. The van der Waals surface area contributed by atoms with Crippen LogP contribution in [0.15, 0.2) is 4.60 Å². The molecule has 0 fully saturated rings. The molecule has 44 valence electrons. The highest BCUT2D eigenvalue weighted by Gasteiger charge is 2.01. The van der Waals surface area contributed by atoms with Gasteiger partial charge < -0.3 is 0 Å². The molecule has 0 amide bonds. The fourth-order valence-electron chi connectivity index (χ4n) is 0.260. The van der Waals surface area contributed by atoms with E-state index in [0.29, 0.717) is 4.47 Å². The van der Waals surface area contributed by atoms with Crippen molar-refractivity contribution >= 4 is 61.5 Å². The SMILES string of the molecule is Clc1nc(Br)c(I)s1. The van der Waals surface area contributed by atoms with Gasteiger partial charge in [0.1, 0.15) is 7.49 Å². The smallest absolute Gasteiger partial charge is 0.185 e. The molecule has 1 aromatic rings. The molecule has 0 saturated heterocycles. The van der Waals surface area contributed by atoms with Crippen molar-refractivity contribution in [1.29, 1.82) is 0 Å². The molecular weight excluding hydrogens is 324 g/mol. The number of thiazole rings is 1. The summed E-state index contributed by atoms with van der Waals surface area (Å²) in [7, 11) is 0. The maximum absolute atomic E-state index is 5.54. The lowest BCUT2D eigenvalue weighted by atomic mass is 11.0. The first-order chi connectivity index (χ1) is 3.70. The molecule has 0 N–H and O–H groups in total. The molecule has 5 heteroatoms. The van der Waals surface area contributed by atoms with Gasteiger partial charge in [0, 0.05) is 0 Å². The first-order valence-electron chi connectivity index (χ1n) is 1.67. The first-order valence-corrected chi connectivity index (χ1v) is 4.74. The van der Waals surface area contributed by atoms with Crippen molar-refractivity contribution in [3.8, 4) is 0 Å². The van der Waals surface area contributed by atoms with E-state index in [4.69, 9.17) is 11.6 Å². The van der Waals surface area contributed by atoms with Crippen molar-refractivity contribution in [3.05, 3.63) is 12.0 Å². The number of hydrogen-bond donors (Lipinski definition) is 0. The van der Waals surface area contributed by atoms with Crippen LogP contribution in [0.2, 0.25) is 4.47 Å². The van der Waals surface area contributed by atoms with E-state index < -0.39 is 0 Å². The van der Waals surface area contributed by atoms with E-state index in [0.717, 1.165) is 7.49 Å². The molecule has 1 aromatic heterocycles. The van der Waals surface area contributed by atoms with E-state index in [1.54, 1.807) is 0 Å². The Labute approximate surface area is 77.7 Å². The lowest BCUT2D eigenvalue weighted by molar-refractivity contribution is 1.35. The van der Waals surface area contributed by atoms with Gasteiger partial charge >= 0.3 is 0 Å². The minimum Gasteiger partial charge on any atom is -0.217 e. The van der Waals surface area contributed by atoms with Gasteiger partial charge in [-0.05, 0) is 38.5 Å². The molecular formula is C3BrClINS. The zero-order chi connectivity index (χ0) is 6.15. The molecule has 0 saturated carbocycles. The van der Waals surface area contributed by atoms with Crippen LogP contribution in [-0.4, -0.2) is 4.98 Å². The third-order valence-electron chi connectivity index (χ3n) is 0.522. The van der Waals surface area contributed by atoms with E-state index in [2.05, 4.69) is 43.5 Å². The highest BCUT2D eigenvalue weighted by Crippen LogP contribution is 2.27. The first kappa shape index (κ1) is 7.24. The third-order valence-corrected chi connectivity index (χ3v) is 4.22. The monoisotopic (exact) mass is 323 g/mol. The van der Waals surface area contributed by atoms with Crippen LogP contribution in [0, 0.1) is 2.88 Å². The summed E-state index contributed by atoms with van der Waals surface area (Å²) in [4.78, 5) is 3.90. The van der Waals surface area contributed by atoms with Gasteiger partial charge in [0.15, 0.2) is 4.47 Å². The average molecular weight is 324 g/mol. The van der Waals surface area contributed by atoms with E-state index in [9.17, 15) is 0 Å². The van der Waals surface area contributed by atoms with E-state index in [-0.39, 0.29) is 0 Å². The van der Waals surface area contributed by atoms with Crippen LogP contribution in [-0.2, 0) is 0 Å². The number of nitrogens with zero attached hydrogens (tertiary/aromatic N) is 1. The van der Waals surface area contributed by atoms with Crippen molar-refractivity contribution in [3.63, 3.8) is 0 Å². The highest BCUT2D eigenvalue weighted by atomic mass is 127. The normalized spacial score (nSPS) is 9.88. The minimum atomic E-state index is 0.585. The predicted octanol–water partition coefficient (Wildman–Crippen LogP) is 3.16. The van der Waals surface area contributed by atoms with Crippen molar-refractivity contribution in [2.75, 3.05) is 0 Å². The topological polar surface area (TPSA) is 12.9 Å². The highest BCUT2D eigenvalue weighted by molar-refractivity contribution is 14.1. The van der Waals surface area contributed by atoms with Crippen LogP contribution < -0.4 is 0 Å². The van der Waals surface area contributed by atoms with E-state index in [1.807, 2.05) is 0 Å². The average Bonchev–Trinajstić information content (AvgIpc) is 1.85. The Balaban J connectivity index is 3.14. The summed E-state index contributed by atoms with van der Waals surface area (Å²) in [6.07, 6.45) is 0. The molecule has 0 aliphatic carbocycles. The molecule has 0 aromatic carbocycles. The summed E-state index contributed by atoms with van der Waals surface area (Å²) in [5.74, 6) is 0. The maximum atomic E-state index is 5.54. The van der Waals surface area contributed by atoms with Crippen LogP contribution in [0.3, 0.4) is 0 Å². The molecule has 0 aliphatic rings. The number of halogens is 3. The van der Waals surface area contributed by atoms with Crippen molar-refractivity contribution in [1.82, 2.24) is 4.98 Å². The van der Waals surface area contributed by atoms with Crippen molar-refractivity contribution in [2.24, 2.45) is 0 Å². The van der Waals surface area contributed by atoms with Crippen molar-refractivity contribution in [2.45, 2.75) is 0 Å². The van der Waals surface area contributed by atoms with Crippen LogP contribution >= 0.6 is 61.5 Å². The molecule has 0 radical (unpaired) electrons. The molecule has 8 heavy (non-hydrogen) atoms. The second kappa shape index (κ2) is 2.81. The molecule has 1 nitrogen and oxygen atoms in total. The summed E-state index contributed by atoms with van der Waals surface area (Å²) in [5, 5.41) is 0. The Hall–Kier alpha value is 1.13. The van der Waals surface area contributed by atoms with Crippen LogP contribution in [0.1, 0.15) is 0 Å². The molecule has 0 atom stereocenters. The molecule has 0 aliphatic heterocycles. The largest absolute Gasteiger partial charge is 0.217 e. The fourth-order valence-corrected chi connectivity index (χ4v) is 2.77. The number of hydrogen-bond acceptors (Lipinski definition) is 2. The Morgan fingerprint density at radius 3 is 2.50 bits per heavy atom. The van der Waals surface area contributed by atoms with Gasteiger partial charge in [-0.1, -0.05) is 22.9 Å². The second-order valence-corrected chi connectivity index (χ2v) is 5.17. The summed E-state index contributed by atoms with van der Waals surface area (Å²) < 4.78 is 2.52. The van der Waals surface area contributed by atoms with Gasteiger partial charge in [-0.3, -0.25) is 0 Å². The fraction of sp³-hybridized carbons (Fsp3) is 0. The lowest BCUT2D eigenvalue weighted by Gasteiger charge is -1.72. The Morgan fingerprint density at radius 1 is 1.75 bits per heavy atom. The van der Waals surface area contributed by atoms with Gasteiger partial charge in [0.05, 0.1) is 0 Å². The number of rotatable bonds is 0. The Bertz CT molecular complexity index is 182. The predicted molar refractivity (Wildman–Crippen MR) is 47.5 cm³/mol. The van der Waals surface area contributed by atoms with E-state index in [1.165, 1.54) is 11.3 Å². The molecule has 0 unspecified atom stereocenters. The summed E-state index contributed by atoms with van der Waals surface area (Å²) in [6.45, 7) is 0. The molecule has 1 rings (SSSR count). The third kappa shape index (κ3) is 1.55. The molecule has 1 heterocycles. The quantitative estimate of drug-likeness (QED) is 0.668. The minimum absolute atomic E-state index is 0.585. The van der Waals surface area contributed by atoms with Gasteiger partial charge in [0.2, 0.25) is 0 Å².